The minimum absolute atomic E-state index is 0.460. The first kappa shape index (κ1) is 14.7. The van der Waals surface area contributed by atoms with Gasteiger partial charge in [0.15, 0.2) is 0 Å². The number of nitrogens with zero attached hydrogens (tertiary/aromatic N) is 3. The summed E-state index contributed by atoms with van der Waals surface area (Å²) in [6.07, 6.45) is 1.94. The summed E-state index contributed by atoms with van der Waals surface area (Å²) in [4.78, 5) is 0. The minimum Gasteiger partial charge on any atom is -0.325 e. The summed E-state index contributed by atoms with van der Waals surface area (Å²) in [7, 11) is 0. The Balaban J connectivity index is 2.10. The van der Waals surface area contributed by atoms with Crippen LogP contribution < -0.4 is 5.73 Å². The van der Waals surface area contributed by atoms with Crippen LogP contribution in [0.2, 0.25) is 0 Å². The van der Waals surface area contributed by atoms with Crippen molar-refractivity contribution in [3.8, 4) is 0 Å². The van der Waals surface area contributed by atoms with Gasteiger partial charge < -0.3 is 5.73 Å². The average molecular weight is 272 g/mol. The Bertz CT molecular complexity index is 540. The molecule has 0 amide bonds. The summed E-state index contributed by atoms with van der Waals surface area (Å²) in [5.74, 6) is 0.556. The number of hydrogen-bond acceptors (Lipinski definition) is 3. The fourth-order valence-electron chi connectivity index (χ4n) is 2.31. The van der Waals surface area contributed by atoms with Gasteiger partial charge in [-0.15, -0.1) is 5.10 Å². The van der Waals surface area contributed by atoms with Crippen LogP contribution in [-0.4, -0.2) is 15.0 Å². The normalized spacial score (nSPS) is 11.2. The molecule has 0 radical (unpaired) electrons. The van der Waals surface area contributed by atoms with Crippen LogP contribution in [-0.2, 0) is 25.9 Å². The summed E-state index contributed by atoms with van der Waals surface area (Å²) >= 11 is 0. The van der Waals surface area contributed by atoms with Gasteiger partial charge in [-0.25, -0.2) is 4.68 Å². The monoisotopic (exact) mass is 272 g/mol. The predicted octanol–water partition coefficient (Wildman–Crippen LogP) is 2.49. The molecule has 20 heavy (non-hydrogen) atoms. The molecule has 1 heterocycles. The number of aromatic nitrogens is 3. The number of aryl methyl sites for hydroxylation is 2. The van der Waals surface area contributed by atoms with Crippen LogP contribution >= 0.6 is 0 Å². The Morgan fingerprint density at radius 2 is 1.85 bits per heavy atom. The van der Waals surface area contributed by atoms with Crippen LogP contribution in [0.3, 0.4) is 0 Å². The number of benzene rings is 1. The van der Waals surface area contributed by atoms with Gasteiger partial charge in [0.2, 0.25) is 0 Å². The molecule has 1 aromatic carbocycles. The Hall–Kier alpha value is -1.68. The molecule has 0 unspecified atom stereocenters. The maximum absolute atomic E-state index is 5.77. The van der Waals surface area contributed by atoms with Crippen molar-refractivity contribution in [1.82, 2.24) is 15.0 Å². The fraction of sp³-hybridized carbons (Fsp3) is 0.500. The number of nitrogens with two attached hydrogens (primary N) is 1. The topological polar surface area (TPSA) is 56.7 Å². The van der Waals surface area contributed by atoms with Gasteiger partial charge in [0.25, 0.3) is 0 Å². The summed E-state index contributed by atoms with van der Waals surface area (Å²) < 4.78 is 2.01. The maximum atomic E-state index is 5.77. The zero-order chi connectivity index (χ0) is 14.5. The van der Waals surface area contributed by atoms with E-state index in [2.05, 4.69) is 55.3 Å². The van der Waals surface area contributed by atoms with E-state index >= 15 is 0 Å². The maximum Gasteiger partial charge on any atom is 0.0994 e. The molecule has 0 atom stereocenters. The van der Waals surface area contributed by atoms with Crippen molar-refractivity contribution in [2.75, 3.05) is 0 Å². The second-order valence-electron chi connectivity index (χ2n) is 5.75. The van der Waals surface area contributed by atoms with Gasteiger partial charge in [-0.3, -0.25) is 0 Å². The van der Waals surface area contributed by atoms with E-state index in [0.29, 0.717) is 12.5 Å². The van der Waals surface area contributed by atoms with Crippen molar-refractivity contribution in [3.63, 3.8) is 0 Å². The Morgan fingerprint density at radius 1 is 1.15 bits per heavy atom. The summed E-state index contributed by atoms with van der Waals surface area (Å²) in [5.41, 5.74) is 10.5. The highest BCUT2D eigenvalue weighted by Crippen LogP contribution is 2.13. The molecule has 0 aliphatic rings. The molecular weight excluding hydrogens is 248 g/mol. The predicted molar refractivity (Wildman–Crippen MR) is 81.3 cm³/mol. The quantitative estimate of drug-likeness (QED) is 0.879. The number of hydrogen-bond donors (Lipinski definition) is 1. The molecule has 2 rings (SSSR count). The zero-order valence-corrected chi connectivity index (χ0v) is 12.6. The highest BCUT2D eigenvalue weighted by atomic mass is 15.4. The third-order valence-corrected chi connectivity index (χ3v) is 3.42. The van der Waals surface area contributed by atoms with E-state index in [4.69, 9.17) is 5.73 Å². The summed E-state index contributed by atoms with van der Waals surface area (Å²) in [6, 6.07) is 8.69. The third kappa shape index (κ3) is 3.67. The van der Waals surface area contributed by atoms with Crippen LogP contribution in [0.4, 0.5) is 0 Å². The molecular formula is C16H24N4. The van der Waals surface area contributed by atoms with Crippen molar-refractivity contribution in [1.29, 1.82) is 0 Å². The highest BCUT2D eigenvalue weighted by Gasteiger charge is 2.12. The molecule has 0 fully saturated rings. The smallest absolute Gasteiger partial charge is 0.0994 e. The SMILES string of the molecule is Cc1ccc(CCc2c(CN)nnn2CC(C)C)cc1. The Kier molecular flexibility index (Phi) is 4.90. The molecule has 0 aliphatic heterocycles. The van der Waals surface area contributed by atoms with Crippen LogP contribution in [0.25, 0.3) is 0 Å². The van der Waals surface area contributed by atoms with Crippen LogP contribution in [0.15, 0.2) is 24.3 Å². The van der Waals surface area contributed by atoms with Crippen molar-refractivity contribution in [2.45, 2.75) is 46.7 Å². The number of rotatable bonds is 6. The molecule has 4 heteroatoms. The Labute approximate surface area is 121 Å². The van der Waals surface area contributed by atoms with E-state index < -0.39 is 0 Å². The van der Waals surface area contributed by atoms with E-state index in [-0.39, 0.29) is 0 Å². The second-order valence-corrected chi connectivity index (χ2v) is 5.75. The lowest BCUT2D eigenvalue weighted by atomic mass is 10.1. The lowest BCUT2D eigenvalue weighted by Gasteiger charge is -2.10. The molecule has 0 spiro atoms. The van der Waals surface area contributed by atoms with Gasteiger partial charge in [-0.2, -0.15) is 0 Å². The molecule has 2 N–H and O–H groups in total. The molecule has 4 nitrogen and oxygen atoms in total. The Morgan fingerprint density at radius 3 is 2.45 bits per heavy atom. The van der Waals surface area contributed by atoms with E-state index in [0.717, 1.165) is 25.1 Å². The van der Waals surface area contributed by atoms with Crippen molar-refractivity contribution in [2.24, 2.45) is 11.7 Å². The highest BCUT2D eigenvalue weighted by molar-refractivity contribution is 5.22. The van der Waals surface area contributed by atoms with Gasteiger partial charge in [0.1, 0.15) is 0 Å². The molecule has 0 aliphatic carbocycles. The van der Waals surface area contributed by atoms with Gasteiger partial charge in [-0.05, 0) is 31.2 Å². The van der Waals surface area contributed by atoms with E-state index in [1.54, 1.807) is 0 Å². The first-order valence-electron chi connectivity index (χ1n) is 7.27. The molecule has 0 saturated heterocycles. The minimum atomic E-state index is 0.460. The van der Waals surface area contributed by atoms with Crippen LogP contribution in [0.5, 0.6) is 0 Å². The summed E-state index contributed by atoms with van der Waals surface area (Å²) in [6.45, 7) is 7.84. The lowest BCUT2D eigenvalue weighted by Crippen LogP contribution is -2.12. The van der Waals surface area contributed by atoms with Gasteiger partial charge >= 0.3 is 0 Å². The third-order valence-electron chi connectivity index (χ3n) is 3.42. The van der Waals surface area contributed by atoms with Crippen LogP contribution in [0, 0.1) is 12.8 Å². The molecule has 108 valence electrons. The molecule has 1 aromatic heterocycles. The summed E-state index contributed by atoms with van der Waals surface area (Å²) in [5, 5.41) is 8.44. The largest absolute Gasteiger partial charge is 0.325 e. The van der Waals surface area contributed by atoms with E-state index in [1.165, 1.54) is 16.8 Å². The fourth-order valence-corrected chi connectivity index (χ4v) is 2.31. The molecule has 0 saturated carbocycles. The lowest BCUT2D eigenvalue weighted by molar-refractivity contribution is 0.458. The van der Waals surface area contributed by atoms with Gasteiger partial charge in [0.05, 0.1) is 11.4 Å². The molecule has 0 bridgehead atoms. The van der Waals surface area contributed by atoms with Crippen LogP contribution in [0.1, 0.15) is 36.4 Å². The van der Waals surface area contributed by atoms with Gasteiger partial charge in [0, 0.05) is 13.1 Å². The van der Waals surface area contributed by atoms with Crippen molar-refractivity contribution in [3.05, 3.63) is 46.8 Å². The standard InChI is InChI=1S/C16H24N4/c1-12(2)11-20-16(15(10-17)18-19-20)9-8-14-6-4-13(3)5-7-14/h4-7,12H,8-11,17H2,1-3H3. The van der Waals surface area contributed by atoms with Crippen molar-refractivity contribution >= 4 is 0 Å². The van der Waals surface area contributed by atoms with E-state index in [9.17, 15) is 0 Å². The van der Waals surface area contributed by atoms with E-state index in [1.807, 2.05) is 4.68 Å². The second kappa shape index (κ2) is 6.66. The molecule has 2 aromatic rings. The van der Waals surface area contributed by atoms with Crippen molar-refractivity contribution < 1.29 is 0 Å². The van der Waals surface area contributed by atoms with Gasteiger partial charge in [-0.1, -0.05) is 48.9 Å². The zero-order valence-electron chi connectivity index (χ0n) is 12.6. The first-order chi connectivity index (χ1) is 9.60. The average Bonchev–Trinajstić information content (AvgIpc) is 2.79. The first-order valence-corrected chi connectivity index (χ1v) is 7.27.